The number of carbonyl (C=O) groups excluding carboxylic acids is 3. The van der Waals surface area contributed by atoms with Gasteiger partial charge in [-0.3, -0.25) is 19.3 Å². The fourth-order valence-electron chi connectivity index (χ4n) is 4.77. The van der Waals surface area contributed by atoms with E-state index in [-0.39, 0.29) is 25.4 Å². The summed E-state index contributed by atoms with van der Waals surface area (Å²) in [7, 11) is 0. The summed E-state index contributed by atoms with van der Waals surface area (Å²) in [4.78, 5) is 52.7. The predicted molar refractivity (Wildman–Crippen MR) is 169 cm³/mol. The van der Waals surface area contributed by atoms with Gasteiger partial charge in [-0.15, -0.1) is 0 Å². The van der Waals surface area contributed by atoms with Crippen molar-refractivity contribution < 1.29 is 37.8 Å². The van der Waals surface area contributed by atoms with Crippen LogP contribution >= 0.6 is 0 Å². The molecule has 0 aliphatic carbocycles. The van der Waals surface area contributed by atoms with Gasteiger partial charge in [-0.25, -0.2) is 4.79 Å². The van der Waals surface area contributed by atoms with E-state index in [1.165, 1.54) is 0 Å². The molecule has 2 atom stereocenters. The molecule has 246 valence electrons. The number of Topliss-reactive ketones (excluding diaryl/α,β-unsaturated/α-hetero) is 1. The molecule has 3 rings (SSSR count). The average Bonchev–Trinajstić information content (AvgIpc) is 3.03. The average molecular weight is 638 g/mol. The van der Waals surface area contributed by atoms with Crippen molar-refractivity contribution in [2.24, 2.45) is 11.8 Å². The Morgan fingerprint density at radius 3 is 1.91 bits per heavy atom. The fraction of sp³-hybridized carbons (Fsp3) is 0.371. The van der Waals surface area contributed by atoms with E-state index >= 15 is 8.78 Å². The van der Waals surface area contributed by atoms with E-state index in [1.54, 1.807) is 82.3 Å². The first-order valence-corrected chi connectivity index (χ1v) is 15.1. The number of benzene rings is 3. The summed E-state index contributed by atoms with van der Waals surface area (Å²) in [5.41, 5.74) is 1.96. The van der Waals surface area contributed by atoms with Crippen molar-refractivity contribution in [2.75, 3.05) is 6.54 Å². The van der Waals surface area contributed by atoms with E-state index < -0.39 is 47.6 Å². The van der Waals surface area contributed by atoms with E-state index in [4.69, 9.17) is 4.74 Å². The number of alkyl halides is 2. The van der Waals surface area contributed by atoms with Crippen LogP contribution in [0.25, 0.3) is 0 Å². The van der Waals surface area contributed by atoms with Gasteiger partial charge < -0.3 is 20.5 Å². The maximum absolute atomic E-state index is 15.3. The number of hydrogen-bond donors (Lipinski definition) is 3. The predicted octanol–water partition coefficient (Wildman–Crippen LogP) is 5.47. The lowest BCUT2D eigenvalue weighted by molar-refractivity contribution is -0.160. The fourth-order valence-corrected chi connectivity index (χ4v) is 4.77. The Bertz CT molecular complexity index is 1450. The van der Waals surface area contributed by atoms with Crippen LogP contribution in [0.3, 0.4) is 0 Å². The van der Waals surface area contributed by atoms with Gasteiger partial charge in [0.05, 0.1) is 6.04 Å². The lowest BCUT2D eigenvalue weighted by atomic mass is 9.95. The number of amides is 3. The molecule has 0 saturated carbocycles. The molecule has 0 unspecified atom stereocenters. The van der Waals surface area contributed by atoms with Gasteiger partial charge in [-0.05, 0) is 40.7 Å². The highest BCUT2D eigenvalue weighted by molar-refractivity contribution is 6.10. The Labute approximate surface area is 267 Å². The van der Waals surface area contributed by atoms with E-state index in [9.17, 15) is 24.3 Å². The van der Waals surface area contributed by atoms with Crippen LogP contribution in [-0.4, -0.2) is 58.2 Å². The molecule has 3 aromatic rings. The highest BCUT2D eigenvalue weighted by Gasteiger charge is 2.51. The van der Waals surface area contributed by atoms with Crippen molar-refractivity contribution >= 4 is 23.7 Å². The van der Waals surface area contributed by atoms with Gasteiger partial charge in [-0.1, -0.05) is 100 Å². The van der Waals surface area contributed by atoms with Crippen LogP contribution in [0.1, 0.15) is 44.4 Å². The minimum Gasteiger partial charge on any atom is -0.489 e. The van der Waals surface area contributed by atoms with Crippen LogP contribution in [0.2, 0.25) is 0 Å². The lowest BCUT2D eigenvalue weighted by Gasteiger charge is -2.33. The molecular weight excluding hydrogens is 596 g/mol. The van der Waals surface area contributed by atoms with Crippen molar-refractivity contribution in [2.45, 2.75) is 65.3 Å². The molecule has 0 heterocycles. The maximum Gasteiger partial charge on any atom is 0.408 e. The number of carboxylic acid groups (broad SMARTS) is 1. The smallest absolute Gasteiger partial charge is 0.408 e. The number of nitrogens with zero attached hydrogens (tertiary/aromatic N) is 1. The molecule has 0 saturated heterocycles. The second-order valence-corrected chi connectivity index (χ2v) is 11.8. The van der Waals surface area contributed by atoms with Gasteiger partial charge in [0.1, 0.15) is 18.4 Å². The highest BCUT2D eigenvalue weighted by Crippen LogP contribution is 2.23. The zero-order valence-electron chi connectivity index (χ0n) is 26.4. The molecule has 3 amide bonds. The van der Waals surface area contributed by atoms with Crippen molar-refractivity contribution in [1.82, 2.24) is 15.5 Å². The Morgan fingerprint density at radius 2 is 1.39 bits per heavy atom. The Balaban J connectivity index is 1.87. The third kappa shape index (κ3) is 10.1. The molecule has 0 radical (unpaired) electrons. The number of carbonyl (C=O) groups is 4. The summed E-state index contributed by atoms with van der Waals surface area (Å²) in [5, 5.41) is 14.5. The van der Waals surface area contributed by atoms with Gasteiger partial charge >= 0.3 is 12.0 Å². The highest BCUT2D eigenvalue weighted by atomic mass is 19.3. The summed E-state index contributed by atoms with van der Waals surface area (Å²) >= 11 is 0. The minimum atomic E-state index is -4.46. The van der Waals surface area contributed by atoms with E-state index in [0.29, 0.717) is 23.5 Å². The molecule has 9 nitrogen and oxygen atoms in total. The number of nitrogens with one attached hydrogen (secondary N) is 2. The van der Waals surface area contributed by atoms with Gasteiger partial charge in [-0.2, -0.15) is 8.78 Å². The van der Waals surface area contributed by atoms with Gasteiger partial charge in [0, 0.05) is 19.5 Å². The lowest BCUT2D eigenvalue weighted by Crippen LogP contribution is -2.59. The number of ketones is 1. The zero-order valence-corrected chi connectivity index (χ0v) is 26.4. The third-order valence-electron chi connectivity index (χ3n) is 7.19. The molecule has 11 heteroatoms. The Hall–Kier alpha value is -4.80. The van der Waals surface area contributed by atoms with E-state index in [1.807, 2.05) is 30.3 Å². The Morgan fingerprint density at radius 1 is 0.826 bits per heavy atom. The SMILES string of the molecule is CC(C)CNC(=O)C(F)(F)C(=O)[C@H](Cc1ccc(OCc2ccccc2)cc1)NC(=O)[C@H](C(C)C)N(Cc1ccccc1)C(=O)O. The zero-order chi connectivity index (χ0) is 33.9. The molecule has 46 heavy (non-hydrogen) atoms. The standard InChI is InChI=1S/C35H41F2N3O6/c1-23(2)20-38-33(43)35(36,37)31(41)29(19-25-15-17-28(18-16-25)46-22-27-13-9-6-10-14-27)39-32(42)30(24(3)4)40(34(44)45)21-26-11-7-5-8-12-26/h5-18,23-24,29-30H,19-22H2,1-4H3,(H,38,43)(H,39,42)(H,44,45)/t29-,30-/m0/s1. The molecule has 0 aromatic heterocycles. The second kappa shape index (κ2) is 16.5. The number of hydrogen-bond acceptors (Lipinski definition) is 5. The molecule has 3 aromatic carbocycles. The van der Waals surface area contributed by atoms with Crippen LogP contribution in [0.4, 0.5) is 13.6 Å². The first-order chi connectivity index (χ1) is 21.8. The second-order valence-electron chi connectivity index (χ2n) is 11.8. The summed E-state index contributed by atoms with van der Waals surface area (Å²) in [5.74, 6) is -9.22. The van der Waals surface area contributed by atoms with Gasteiger partial charge in [0.2, 0.25) is 11.7 Å². The van der Waals surface area contributed by atoms with Crippen LogP contribution in [0.15, 0.2) is 84.9 Å². The molecule has 0 spiro atoms. The van der Waals surface area contributed by atoms with E-state index in [0.717, 1.165) is 10.5 Å². The van der Waals surface area contributed by atoms with Crippen molar-refractivity contribution in [1.29, 1.82) is 0 Å². The van der Waals surface area contributed by atoms with Gasteiger partial charge in [0.25, 0.3) is 5.91 Å². The normalized spacial score (nSPS) is 12.7. The molecule has 0 aliphatic heterocycles. The largest absolute Gasteiger partial charge is 0.489 e. The van der Waals surface area contributed by atoms with Crippen molar-refractivity contribution in [3.05, 3.63) is 102 Å². The maximum atomic E-state index is 15.3. The topological polar surface area (TPSA) is 125 Å². The summed E-state index contributed by atoms with van der Waals surface area (Å²) < 4.78 is 36.4. The molecular formula is C35H41F2N3O6. The van der Waals surface area contributed by atoms with Crippen molar-refractivity contribution in [3.63, 3.8) is 0 Å². The first-order valence-electron chi connectivity index (χ1n) is 15.1. The number of rotatable bonds is 16. The summed E-state index contributed by atoms with van der Waals surface area (Å²) in [6.45, 7) is 6.73. The quantitative estimate of drug-likeness (QED) is 0.179. The summed E-state index contributed by atoms with van der Waals surface area (Å²) in [6.07, 6.45) is -1.78. The molecule has 3 N–H and O–H groups in total. The number of halogens is 2. The van der Waals surface area contributed by atoms with E-state index in [2.05, 4.69) is 10.6 Å². The molecule has 0 bridgehead atoms. The Kier molecular flexibility index (Phi) is 12.8. The monoisotopic (exact) mass is 637 g/mol. The molecule has 0 fully saturated rings. The first kappa shape index (κ1) is 35.7. The molecule has 0 aliphatic rings. The van der Waals surface area contributed by atoms with Crippen LogP contribution in [0.5, 0.6) is 5.75 Å². The van der Waals surface area contributed by atoms with Crippen LogP contribution in [0, 0.1) is 11.8 Å². The number of ether oxygens (including phenoxy) is 1. The minimum absolute atomic E-state index is 0.0777. The van der Waals surface area contributed by atoms with Gasteiger partial charge in [0.15, 0.2) is 0 Å². The summed E-state index contributed by atoms with van der Waals surface area (Å²) in [6, 6.07) is 21.2. The van der Waals surface area contributed by atoms with Crippen LogP contribution < -0.4 is 15.4 Å². The van der Waals surface area contributed by atoms with Crippen molar-refractivity contribution in [3.8, 4) is 5.75 Å². The van der Waals surface area contributed by atoms with Crippen LogP contribution in [-0.2, 0) is 34.0 Å². The third-order valence-corrected chi connectivity index (χ3v) is 7.19.